The van der Waals surface area contributed by atoms with E-state index in [1.165, 1.54) is 0 Å². The molecule has 1 aliphatic heterocycles. The fourth-order valence-electron chi connectivity index (χ4n) is 3.17. The number of benzene rings is 1. The van der Waals surface area contributed by atoms with Gasteiger partial charge in [0.2, 0.25) is 12.7 Å². The maximum Gasteiger partial charge on any atom is 0.321 e. The Bertz CT molecular complexity index is 643. The minimum atomic E-state index is -0.431. The molecule has 1 heterocycles. The van der Waals surface area contributed by atoms with E-state index in [1.807, 2.05) is 30.1 Å². The number of likely N-dealkylation sites (N-methyl/N-ethyl adjacent to an activating group) is 1. The molecule has 0 saturated heterocycles. The van der Waals surface area contributed by atoms with Crippen molar-refractivity contribution in [3.05, 3.63) is 23.8 Å². The quantitative estimate of drug-likeness (QED) is 0.852. The topological polar surface area (TPSA) is 79.9 Å². The molecule has 3 rings (SSSR count). The van der Waals surface area contributed by atoms with Gasteiger partial charge in [-0.15, -0.1) is 0 Å². The van der Waals surface area contributed by atoms with Crippen LogP contribution in [0.25, 0.3) is 0 Å². The van der Waals surface area contributed by atoms with Gasteiger partial charge in [0.1, 0.15) is 0 Å². The lowest BCUT2D eigenvalue weighted by Gasteiger charge is -2.24. The summed E-state index contributed by atoms with van der Waals surface area (Å²) < 4.78 is 10.7. The Morgan fingerprint density at radius 2 is 1.96 bits per heavy atom. The van der Waals surface area contributed by atoms with Crippen molar-refractivity contribution in [3.63, 3.8) is 0 Å². The number of hydrogen-bond acceptors (Lipinski definition) is 5. The second-order valence-electron chi connectivity index (χ2n) is 6.72. The first-order valence-corrected chi connectivity index (χ1v) is 8.73. The molecule has 0 aromatic heterocycles. The highest BCUT2D eigenvalue weighted by atomic mass is 16.7. The van der Waals surface area contributed by atoms with Crippen LogP contribution in [0.15, 0.2) is 18.2 Å². The van der Waals surface area contributed by atoms with E-state index in [1.54, 1.807) is 6.92 Å². The van der Waals surface area contributed by atoms with Gasteiger partial charge in [-0.2, -0.15) is 0 Å². The molecule has 1 saturated carbocycles. The molecule has 1 aromatic carbocycles. The Morgan fingerprint density at radius 3 is 2.72 bits per heavy atom. The van der Waals surface area contributed by atoms with Crippen molar-refractivity contribution < 1.29 is 19.1 Å². The Morgan fingerprint density at radius 1 is 1.24 bits per heavy atom. The van der Waals surface area contributed by atoms with E-state index in [-0.39, 0.29) is 18.7 Å². The first-order chi connectivity index (χ1) is 12.0. The van der Waals surface area contributed by atoms with Gasteiger partial charge in [0.25, 0.3) is 0 Å². The van der Waals surface area contributed by atoms with Crippen LogP contribution in [0.5, 0.6) is 11.5 Å². The van der Waals surface area contributed by atoms with E-state index >= 15 is 0 Å². The number of carbonyl (C=O) groups excluding carboxylic acids is 2. The Balaban J connectivity index is 1.49. The van der Waals surface area contributed by atoms with E-state index in [0.29, 0.717) is 6.54 Å². The molecule has 0 spiro atoms. The summed E-state index contributed by atoms with van der Waals surface area (Å²) in [6, 6.07) is 5.08. The summed E-state index contributed by atoms with van der Waals surface area (Å²) in [7, 11) is 1.85. The van der Waals surface area contributed by atoms with E-state index < -0.39 is 12.1 Å². The maximum absolute atomic E-state index is 12.3. The lowest BCUT2D eigenvalue weighted by atomic mass is 10.1. The molecule has 1 aromatic rings. The first-order valence-electron chi connectivity index (χ1n) is 8.73. The highest BCUT2D eigenvalue weighted by molar-refractivity contribution is 5.96. The fraction of sp³-hybridized carbons (Fsp3) is 0.556. The van der Waals surface area contributed by atoms with Gasteiger partial charge in [-0.25, -0.2) is 4.79 Å². The molecule has 3 amide bonds. The van der Waals surface area contributed by atoms with Gasteiger partial charge in [-0.1, -0.05) is 18.9 Å². The molecule has 7 nitrogen and oxygen atoms in total. The number of imide groups is 1. The van der Waals surface area contributed by atoms with Gasteiger partial charge in [0.15, 0.2) is 11.5 Å². The molecule has 25 heavy (non-hydrogen) atoms. The summed E-state index contributed by atoms with van der Waals surface area (Å²) in [4.78, 5) is 26.1. The molecule has 2 N–H and O–H groups in total. The second kappa shape index (κ2) is 7.74. The average molecular weight is 347 g/mol. The average Bonchev–Trinajstić information content (AvgIpc) is 3.24. The van der Waals surface area contributed by atoms with Crippen molar-refractivity contribution in [2.24, 2.45) is 0 Å². The van der Waals surface area contributed by atoms with Crippen LogP contribution < -0.4 is 20.1 Å². The Labute approximate surface area is 147 Å². The number of nitrogens with zero attached hydrogens (tertiary/aromatic N) is 1. The number of urea groups is 1. The van der Waals surface area contributed by atoms with E-state index in [2.05, 4.69) is 10.6 Å². The fourth-order valence-corrected chi connectivity index (χ4v) is 3.17. The molecule has 1 aliphatic carbocycles. The van der Waals surface area contributed by atoms with Gasteiger partial charge >= 0.3 is 6.03 Å². The van der Waals surface area contributed by atoms with Crippen LogP contribution in [-0.4, -0.2) is 42.8 Å². The summed E-state index contributed by atoms with van der Waals surface area (Å²) in [6.07, 6.45) is 4.24. The number of amides is 3. The smallest absolute Gasteiger partial charge is 0.321 e. The zero-order valence-electron chi connectivity index (χ0n) is 14.7. The van der Waals surface area contributed by atoms with Crippen molar-refractivity contribution in [2.45, 2.75) is 51.2 Å². The van der Waals surface area contributed by atoms with Gasteiger partial charge < -0.3 is 14.8 Å². The normalized spacial score (nSPS) is 17.6. The molecule has 2 aliphatic rings. The van der Waals surface area contributed by atoms with Crippen LogP contribution in [0.1, 0.15) is 38.2 Å². The van der Waals surface area contributed by atoms with Gasteiger partial charge in [-0.05, 0) is 44.5 Å². The molecule has 0 bridgehead atoms. The standard InChI is InChI=1S/C18H25N3O4/c1-12(17(22)20-18(23)19-14-5-3-4-6-14)21(2)10-13-7-8-15-16(9-13)25-11-24-15/h7-9,12,14H,3-6,10-11H2,1-2H3,(H2,19,20,22,23). The second-order valence-corrected chi connectivity index (χ2v) is 6.72. The van der Waals surface area contributed by atoms with Crippen molar-refractivity contribution in [1.82, 2.24) is 15.5 Å². The SMILES string of the molecule is CC(C(=O)NC(=O)NC1CCCC1)N(C)Cc1ccc2c(c1)OCO2. The van der Waals surface area contributed by atoms with E-state index in [9.17, 15) is 9.59 Å². The van der Waals surface area contributed by atoms with Crippen molar-refractivity contribution >= 4 is 11.9 Å². The van der Waals surface area contributed by atoms with Gasteiger partial charge in [0.05, 0.1) is 6.04 Å². The van der Waals surface area contributed by atoms with Gasteiger partial charge in [-0.3, -0.25) is 15.0 Å². The van der Waals surface area contributed by atoms with Crippen LogP contribution in [0.3, 0.4) is 0 Å². The zero-order chi connectivity index (χ0) is 17.8. The van der Waals surface area contributed by atoms with Crippen LogP contribution in [0.2, 0.25) is 0 Å². The molecule has 1 fully saturated rings. The van der Waals surface area contributed by atoms with Gasteiger partial charge in [0, 0.05) is 12.6 Å². The maximum atomic E-state index is 12.3. The minimum Gasteiger partial charge on any atom is -0.454 e. The number of carbonyl (C=O) groups is 2. The molecule has 1 unspecified atom stereocenters. The van der Waals surface area contributed by atoms with Crippen LogP contribution in [0, 0.1) is 0 Å². The number of rotatable bonds is 5. The third-order valence-electron chi connectivity index (χ3n) is 4.84. The number of ether oxygens (including phenoxy) is 2. The predicted octanol–water partition coefficient (Wildman–Crippen LogP) is 2.00. The largest absolute Gasteiger partial charge is 0.454 e. The van der Waals surface area contributed by atoms with Crippen molar-refractivity contribution in [3.8, 4) is 11.5 Å². The molecule has 136 valence electrons. The van der Waals surface area contributed by atoms with E-state index in [0.717, 1.165) is 42.7 Å². The third kappa shape index (κ3) is 4.42. The number of nitrogens with one attached hydrogen (secondary N) is 2. The number of hydrogen-bond donors (Lipinski definition) is 2. The Kier molecular flexibility index (Phi) is 5.43. The van der Waals surface area contributed by atoms with Crippen LogP contribution >= 0.6 is 0 Å². The highest BCUT2D eigenvalue weighted by Crippen LogP contribution is 2.32. The van der Waals surface area contributed by atoms with Crippen molar-refractivity contribution in [2.75, 3.05) is 13.8 Å². The lowest BCUT2D eigenvalue weighted by Crippen LogP contribution is -2.50. The first kappa shape index (κ1) is 17.5. The molecule has 7 heteroatoms. The van der Waals surface area contributed by atoms with Crippen LogP contribution in [0.4, 0.5) is 4.79 Å². The lowest BCUT2D eigenvalue weighted by molar-refractivity contribution is -0.124. The highest BCUT2D eigenvalue weighted by Gasteiger charge is 2.23. The van der Waals surface area contributed by atoms with Crippen LogP contribution in [-0.2, 0) is 11.3 Å². The summed E-state index contributed by atoms with van der Waals surface area (Å²) >= 11 is 0. The monoisotopic (exact) mass is 347 g/mol. The summed E-state index contributed by atoms with van der Waals surface area (Å²) in [6.45, 7) is 2.59. The summed E-state index contributed by atoms with van der Waals surface area (Å²) in [5.74, 6) is 1.15. The summed E-state index contributed by atoms with van der Waals surface area (Å²) in [5, 5.41) is 5.30. The predicted molar refractivity (Wildman–Crippen MR) is 92.4 cm³/mol. The molecular weight excluding hydrogens is 322 g/mol. The van der Waals surface area contributed by atoms with Crippen molar-refractivity contribution in [1.29, 1.82) is 0 Å². The molecule has 0 radical (unpaired) electrons. The number of fused-ring (bicyclic) bond motifs is 1. The van der Waals surface area contributed by atoms with E-state index in [4.69, 9.17) is 9.47 Å². The Hall–Kier alpha value is -2.28. The minimum absolute atomic E-state index is 0.189. The summed E-state index contributed by atoms with van der Waals surface area (Å²) in [5.41, 5.74) is 1.02. The molecular formula is C18H25N3O4. The zero-order valence-corrected chi connectivity index (χ0v) is 14.7. The molecule has 1 atom stereocenters. The third-order valence-corrected chi connectivity index (χ3v) is 4.84.